The Hall–Kier alpha value is -2.48. The fraction of sp³-hybridized carbons (Fsp3) is 0.227. The van der Waals surface area contributed by atoms with E-state index in [1.165, 1.54) is 0 Å². The molecule has 1 aromatic heterocycles. The first-order valence-corrected chi connectivity index (χ1v) is 12.2. The molecule has 2 aromatic carbocycles. The first-order chi connectivity index (χ1) is 14.7. The van der Waals surface area contributed by atoms with Crippen molar-refractivity contribution in [2.24, 2.45) is 0 Å². The maximum atomic E-state index is 13.0. The van der Waals surface area contributed by atoms with Crippen LogP contribution in [-0.2, 0) is 11.1 Å². The van der Waals surface area contributed by atoms with E-state index in [-0.39, 0.29) is 5.91 Å². The molecule has 0 fully saturated rings. The Kier molecular flexibility index (Phi) is 7.30. The summed E-state index contributed by atoms with van der Waals surface area (Å²) in [6.45, 7) is 0.422. The monoisotopic (exact) mass is 457 g/mol. The van der Waals surface area contributed by atoms with Crippen LogP contribution in [0.25, 0.3) is 10.4 Å². The molecule has 0 saturated carbocycles. The van der Waals surface area contributed by atoms with Crippen molar-refractivity contribution in [3.63, 3.8) is 0 Å². The molecule has 0 radical (unpaired) electrons. The number of rotatable bonds is 8. The largest absolute Gasteiger partial charge is 0.397 e. The average molecular weight is 458 g/mol. The van der Waals surface area contributed by atoms with Crippen LogP contribution in [0.3, 0.4) is 0 Å². The van der Waals surface area contributed by atoms with Crippen LogP contribution in [0, 0.1) is 0 Å². The zero-order chi connectivity index (χ0) is 22.6. The number of hydrogen-bond acceptors (Lipinski definition) is 4. The molecule has 0 aliphatic carbocycles. The third-order valence-electron chi connectivity index (χ3n) is 4.90. The van der Waals surface area contributed by atoms with Crippen LogP contribution in [0.15, 0.2) is 60.0 Å². The number of carbonyl (C=O) groups excluding carboxylic acids is 1. The molecule has 0 aliphatic heterocycles. The minimum Gasteiger partial charge on any atom is -0.397 e. The number of nitrogen functional groups attached to an aromatic ring is 1. The molecule has 164 valence electrons. The molecule has 0 saturated heterocycles. The minimum atomic E-state index is -2.81. The highest BCUT2D eigenvalue weighted by atomic mass is 32.1. The van der Waals surface area contributed by atoms with Gasteiger partial charge in [-0.05, 0) is 75.0 Å². The normalized spacial score (nSPS) is 11.8. The number of nitrogens with zero attached hydrogens (tertiary/aromatic N) is 2. The van der Waals surface area contributed by atoms with Crippen molar-refractivity contribution in [3.05, 3.63) is 71.1 Å². The second kappa shape index (κ2) is 9.77. The molecule has 0 unspecified atom stereocenters. The van der Waals surface area contributed by atoms with E-state index in [0.717, 1.165) is 16.0 Å². The molecule has 31 heavy (non-hydrogen) atoms. The Labute approximate surface area is 187 Å². The first-order valence-electron chi connectivity index (χ1n) is 9.75. The summed E-state index contributed by atoms with van der Waals surface area (Å²) in [4.78, 5) is 13.8. The van der Waals surface area contributed by atoms with Gasteiger partial charge >= 0.3 is 0 Å². The minimum absolute atomic E-state index is 0.234. The molecule has 3 rings (SSSR count). The van der Waals surface area contributed by atoms with Crippen LogP contribution in [0.2, 0.25) is 0 Å². The van der Waals surface area contributed by atoms with Gasteiger partial charge in [-0.3, -0.25) is 9.36 Å². The van der Waals surface area contributed by atoms with Gasteiger partial charge in [0.1, 0.15) is 0 Å². The van der Waals surface area contributed by atoms with Crippen molar-refractivity contribution < 1.29 is 9.36 Å². The fourth-order valence-electron chi connectivity index (χ4n) is 3.06. The lowest BCUT2D eigenvalue weighted by atomic mass is 10.1. The SMILES string of the molecule is CN(C)P(=O)(NCc1ccc(C(=O)Nc2cc(-c3cccs3)ccc2N)cc1)N(C)C. The average Bonchev–Trinajstić information content (AvgIpc) is 3.28. The lowest BCUT2D eigenvalue weighted by Crippen LogP contribution is -2.30. The van der Waals surface area contributed by atoms with Crippen LogP contribution in [0.4, 0.5) is 11.4 Å². The lowest BCUT2D eigenvalue weighted by Gasteiger charge is -2.30. The highest BCUT2D eigenvalue weighted by Gasteiger charge is 2.27. The fourth-order valence-corrected chi connectivity index (χ4v) is 5.46. The molecule has 0 aliphatic rings. The standard InChI is InChI=1S/C22H28N5O2PS/c1-26(2)30(29,27(3)4)24-15-16-7-9-17(10-8-16)22(28)25-20-14-18(11-12-19(20)23)21-6-5-13-31-21/h5-14H,15,23H2,1-4H3,(H,24,29)(H,25,28). The van der Waals surface area contributed by atoms with E-state index in [1.807, 2.05) is 41.8 Å². The Morgan fingerprint density at radius 3 is 2.29 bits per heavy atom. The highest BCUT2D eigenvalue weighted by Crippen LogP contribution is 2.45. The summed E-state index contributed by atoms with van der Waals surface area (Å²) < 4.78 is 16.3. The van der Waals surface area contributed by atoms with Gasteiger partial charge in [0.2, 0.25) is 0 Å². The number of thiophene rings is 1. The van der Waals surface area contributed by atoms with Crippen molar-refractivity contribution in [2.75, 3.05) is 39.2 Å². The predicted octanol–water partition coefficient (Wildman–Crippen LogP) is 4.57. The Bertz CT molecular complexity index is 1070. The van der Waals surface area contributed by atoms with E-state index in [0.29, 0.717) is 23.5 Å². The molecule has 1 heterocycles. The van der Waals surface area contributed by atoms with Crippen LogP contribution in [0.5, 0.6) is 0 Å². The third-order valence-corrected chi connectivity index (χ3v) is 8.55. The maximum absolute atomic E-state index is 13.0. The van der Waals surface area contributed by atoms with Gasteiger partial charge in [0.25, 0.3) is 13.5 Å². The number of hydrogen-bond donors (Lipinski definition) is 3. The van der Waals surface area contributed by atoms with Crippen molar-refractivity contribution in [3.8, 4) is 10.4 Å². The molecule has 7 nitrogen and oxygen atoms in total. The number of amides is 1. The predicted molar refractivity (Wildman–Crippen MR) is 130 cm³/mol. The number of benzene rings is 2. The zero-order valence-electron chi connectivity index (χ0n) is 18.1. The smallest absolute Gasteiger partial charge is 0.283 e. The number of anilines is 2. The molecule has 4 N–H and O–H groups in total. The number of carbonyl (C=O) groups is 1. The molecular weight excluding hydrogens is 429 g/mol. The second-order valence-electron chi connectivity index (χ2n) is 7.50. The van der Waals surface area contributed by atoms with Gasteiger partial charge in [-0.15, -0.1) is 11.3 Å². The van der Waals surface area contributed by atoms with E-state index in [4.69, 9.17) is 5.73 Å². The molecule has 0 spiro atoms. The van der Waals surface area contributed by atoms with Gasteiger partial charge in [-0.25, -0.2) is 14.4 Å². The lowest BCUT2D eigenvalue weighted by molar-refractivity contribution is 0.102. The van der Waals surface area contributed by atoms with E-state index in [9.17, 15) is 9.36 Å². The van der Waals surface area contributed by atoms with Gasteiger partial charge in [0, 0.05) is 17.0 Å². The maximum Gasteiger partial charge on any atom is 0.283 e. The van der Waals surface area contributed by atoms with Crippen molar-refractivity contribution in [2.45, 2.75) is 6.54 Å². The number of nitrogens with two attached hydrogens (primary N) is 1. The summed E-state index contributed by atoms with van der Waals surface area (Å²) in [5.74, 6) is -0.234. The van der Waals surface area contributed by atoms with E-state index >= 15 is 0 Å². The van der Waals surface area contributed by atoms with Gasteiger partial charge < -0.3 is 11.1 Å². The highest BCUT2D eigenvalue weighted by molar-refractivity contribution is 7.56. The zero-order valence-corrected chi connectivity index (χ0v) is 19.8. The molecule has 9 heteroatoms. The van der Waals surface area contributed by atoms with Crippen LogP contribution >= 0.6 is 18.9 Å². The summed E-state index contributed by atoms with van der Waals surface area (Å²) >= 11 is 1.63. The van der Waals surface area contributed by atoms with Crippen LogP contribution in [-0.4, -0.2) is 43.4 Å². The Balaban J connectivity index is 1.69. The molecule has 0 atom stereocenters. The molecule has 0 bridgehead atoms. The summed E-state index contributed by atoms with van der Waals surface area (Å²) in [5.41, 5.74) is 9.62. The van der Waals surface area contributed by atoms with Crippen LogP contribution in [0.1, 0.15) is 15.9 Å². The third kappa shape index (κ3) is 5.42. The van der Waals surface area contributed by atoms with Gasteiger partial charge in [-0.2, -0.15) is 0 Å². The first kappa shape index (κ1) is 23.2. The van der Waals surface area contributed by atoms with Crippen LogP contribution < -0.4 is 16.1 Å². The van der Waals surface area contributed by atoms with E-state index in [1.54, 1.807) is 67.1 Å². The van der Waals surface area contributed by atoms with Gasteiger partial charge in [0.15, 0.2) is 0 Å². The molecular formula is C22H28N5O2PS. The summed E-state index contributed by atoms with van der Waals surface area (Å²) in [6.07, 6.45) is 0. The van der Waals surface area contributed by atoms with Crippen molar-refractivity contribution in [1.29, 1.82) is 0 Å². The number of nitrogens with one attached hydrogen (secondary N) is 2. The van der Waals surface area contributed by atoms with Crippen molar-refractivity contribution >= 4 is 36.2 Å². The summed E-state index contributed by atoms with van der Waals surface area (Å²) in [6, 6.07) is 16.8. The Morgan fingerprint density at radius 1 is 1.03 bits per heavy atom. The summed E-state index contributed by atoms with van der Waals surface area (Å²) in [7, 11) is 4.30. The summed E-state index contributed by atoms with van der Waals surface area (Å²) in [5, 5.41) is 8.03. The van der Waals surface area contributed by atoms with Crippen molar-refractivity contribution in [1.82, 2.24) is 14.4 Å². The topological polar surface area (TPSA) is 90.7 Å². The van der Waals surface area contributed by atoms with E-state index < -0.39 is 7.59 Å². The van der Waals surface area contributed by atoms with Gasteiger partial charge in [-0.1, -0.05) is 24.3 Å². The molecule has 3 aromatic rings. The Morgan fingerprint density at radius 2 is 1.71 bits per heavy atom. The van der Waals surface area contributed by atoms with E-state index in [2.05, 4.69) is 10.4 Å². The second-order valence-corrected chi connectivity index (χ2v) is 11.5. The molecule has 1 amide bonds. The van der Waals surface area contributed by atoms with Gasteiger partial charge in [0.05, 0.1) is 11.4 Å². The quantitative estimate of drug-likeness (QED) is 0.339.